The van der Waals surface area contributed by atoms with E-state index in [-0.39, 0.29) is 24.6 Å². The summed E-state index contributed by atoms with van der Waals surface area (Å²) in [5.41, 5.74) is 2.16. The average Bonchev–Trinajstić information content (AvgIpc) is 3.31. The fourth-order valence-electron chi connectivity index (χ4n) is 2.86. The Morgan fingerprint density at radius 1 is 1.35 bits per heavy atom. The fraction of sp³-hybridized carbons (Fsp3) is 0.316. The van der Waals surface area contributed by atoms with Crippen molar-refractivity contribution in [2.24, 2.45) is 5.92 Å². The Balaban J connectivity index is 1.65. The Bertz CT molecular complexity index is 969. The third-order valence-electron chi connectivity index (χ3n) is 4.48. The summed E-state index contributed by atoms with van der Waals surface area (Å²) < 4.78 is 22.3. The van der Waals surface area contributed by atoms with Gasteiger partial charge in [0.05, 0.1) is 36.5 Å². The van der Waals surface area contributed by atoms with Gasteiger partial charge in [0.15, 0.2) is 0 Å². The molecule has 0 radical (unpaired) electrons. The maximum atomic E-state index is 14.3. The maximum Gasteiger partial charge on any atom is 0.208 e. The molecule has 5 nitrogen and oxygen atoms in total. The molecule has 0 spiro atoms. The molecule has 0 unspecified atom stereocenters. The number of hydrogen-bond acceptors (Lipinski definition) is 4. The number of carbonyl (C=O) groups excluding carboxylic acids is 1. The van der Waals surface area contributed by atoms with Crippen LogP contribution in [0.15, 0.2) is 41.4 Å². The SMILES string of the molecule is O=C(COCC1CC1)c1ncc2cncn2c1Cc1ccc(Br)cc1F. The highest BCUT2D eigenvalue weighted by atomic mass is 79.9. The van der Waals surface area contributed by atoms with Gasteiger partial charge in [-0.3, -0.25) is 9.20 Å². The smallest absolute Gasteiger partial charge is 0.208 e. The van der Waals surface area contributed by atoms with Gasteiger partial charge < -0.3 is 4.74 Å². The highest BCUT2D eigenvalue weighted by Gasteiger charge is 2.23. The van der Waals surface area contributed by atoms with Crippen LogP contribution in [-0.2, 0) is 11.2 Å². The van der Waals surface area contributed by atoms with Crippen LogP contribution in [0.3, 0.4) is 0 Å². The van der Waals surface area contributed by atoms with Crippen molar-refractivity contribution in [3.8, 4) is 0 Å². The zero-order valence-corrected chi connectivity index (χ0v) is 15.6. The molecule has 1 fully saturated rings. The molecule has 1 aliphatic rings. The first-order chi connectivity index (χ1) is 12.6. The Morgan fingerprint density at radius 2 is 2.19 bits per heavy atom. The summed E-state index contributed by atoms with van der Waals surface area (Å²) in [7, 11) is 0. The molecule has 2 heterocycles. The third-order valence-corrected chi connectivity index (χ3v) is 4.97. The Morgan fingerprint density at radius 3 is 2.96 bits per heavy atom. The summed E-state index contributed by atoms with van der Waals surface area (Å²) in [6, 6.07) is 4.89. The maximum absolute atomic E-state index is 14.3. The molecule has 0 amide bonds. The van der Waals surface area contributed by atoms with Crippen molar-refractivity contribution in [2.45, 2.75) is 19.3 Å². The Hall–Kier alpha value is -2.12. The first-order valence-corrected chi connectivity index (χ1v) is 9.26. The fourth-order valence-corrected chi connectivity index (χ4v) is 3.20. The second-order valence-corrected chi connectivity index (χ2v) is 7.45. The van der Waals surface area contributed by atoms with Crippen LogP contribution in [-0.4, -0.2) is 33.4 Å². The minimum Gasteiger partial charge on any atom is -0.373 e. The lowest BCUT2D eigenvalue weighted by Crippen LogP contribution is -2.17. The highest BCUT2D eigenvalue weighted by molar-refractivity contribution is 9.10. The van der Waals surface area contributed by atoms with E-state index in [0.717, 1.165) is 5.52 Å². The van der Waals surface area contributed by atoms with Crippen molar-refractivity contribution in [3.05, 3.63) is 64.2 Å². The highest BCUT2D eigenvalue weighted by Crippen LogP contribution is 2.28. The van der Waals surface area contributed by atoms with Gasteiger partial charge in [0.2, 0.25) is 5.78 Å². The van der Waals surface area contributed by atoms with Crippen LogP contribution in [0.2, 0.25) is 0 Å². The first-order valence-electron chi connectivity index (χ1n) is 8.46. The summed E-state index contributed by atoms with van der Waals surface area (Å²) in [6.07, 6.45) is 7.45. The number of carbonyl (C=O) groups is 1. The van der Waals surface area contributed by atoms with Crippen LogP contribution in [0, 0.1) is 11.7 Å². The molecule has 26 heavy (non-hydrogen) atoms. The molecule has 2 aromatic heterocycles. The van der Waals surface area contributed by atoms with E-state index in [2.05, 4.69) is 25.9 Å². The van der Waals surface area contributed by atoms with Gasteiger partial charge in [-0.2, -0.15) is 0 Å². The number of Topliss-reactive ketones (excluding diaryl/α,β-unsaturated/α-hetero) is 1. The molecule has 134 valence electrons. The van der Waals surface area contributed by atoms with Gasteiger partial charge in [0, 0.05) is 10.9 Å². The lowest BCUT2D eigenvalue weighted by atomic mass is 10.1. The summed E-state index contributed by atoms with van der Waals surface area (Å²) >= 11 is 3.26. The summed E-state index contributed by atoms with van der Waals surface area (Å²) in [5.74, 6) is 0.0527. The van der Waals surface area contributed by atoms with Gasteiger partial charge in [0.1, 0.15) is 18.1 Å². The van der Waals surface area contributed by atoms with E-state index in [1.165, 1.54) is 18.9 Å². The van der Waals surface area contributed by atoms with Gasteiger partial charge in [0.25, 0.3) is 0 Å². The van der Waals surface area contributed by atoms with Gasteiger partial charge in [-0.05, 0) is 36.5 Å². The van der Waals surface area contributed by atoms with Crippen molar-refractivity contribution in [1.29, 1.82) is 0 Å². The molecule has 0 bridgehead atoms. The number of fused-ring (bicyclic) bond motifs is 1. The lowest BCUT2D eigenvalue weighted by molar-refractivity contribution is 0.0733. The summed E-state index contributed by atoms with van der Waals surface area (Å²) in [6.45, 7) is 0.593. The van der Waals surface area contributed by atoms with Crippen LogP contribution < -0.4 is 0 Å². The normalized spacial score (nSPS) is 14.1. The third kappa shape index (κ3) is 3.68. The molecule has 1 aliphatic carbocycles. The van der Waals surface area contributed by atoms with Crippen molar-refractivity contribution >= 4 is 27.2 Å². The van der Waals surface area contributed by atoms with Gasteiger partial charge in [-0.25, -0.2) is 14.4 Å². The second-order valence-electron chi connectivity index (χ2n) is 6.54. The number of ether oxygens (including phenoxy) is 1. The second kappa shape index (κ2) is 7.25. The molecule has 3 aromatic rings. The van der Waals surface area contributed by atoms with E-state index >= 15 is 0 Å². The largest absolute Gasteiger partial charge is 0.373 e. The molecule has 0 N–H and O–H groups in total. The number of halogens is 2. The molecule has 1 aromatic carbocycles. The predicted molar refractivity (Wildman–Crippen MR) is 97.8 cm³/mol. The minimum absolute atomic E-state index is 0.0144. The van der Waals surface area contributed by atoms with E-state index in [1.54, 1.807) is 35.3 Å². The van der Waals surface area contributed by atoms with Crippen LogP contribution in [0.5, 0.6) is 0 Å². The van der Waals surface area contributed by atoms with Gasteiger partial charge in [-0.1, -0.05) is 22.0 Å². The van der Waals surface area contributed by atoms with Crippen molar-refractivity contribution in [1.82, 2.24) is 14.4 Å². The van der Waals surface area contributed by atoms with Crippen molar-refractivity contribution in [3.63, 3.8) is 0 Å². The Labute approximate surface area is 158 Å². The van der Waals surface area contributed by atoms with E-state index in [0.29, 0.717) is 33.9 Å². The zero-order chi connectivity index (χ0) is 18.1. The monoisotopic (exact) mass is 417 g/mol. The van der Waals surface area contributed by atoms with E-state index < -0.39 is 0 Å². The van der Waals surface area contributed by atoms with Crippen molar-refractivity contribution in [2.75, 3.05) is 13.2 Å². The molecule has 0 aliphatic heterocycles. The molecular weight excluding hydrogens is 401 g/mol. The Kier molecular flexibility index (Phi) is 4.82. The standard InChI is InChI=1S/C19H17BrFN3O2/c20-14-4-3-13(16(21)6-14)5-17-19(18(25)10-26-9-12-1-2-12)23-8-15-7-22-11-24(15)17/h3-4,6-8,11-12H,1-2,5,9-10H2. The number of hydrogen-bond donors (Lipinski definition) is 0. The number of ketones is 1. The van der Waals surface area contributed by atoms with E-state index in [9.17, 15) is 9.18 Å². The van der Waals surface area contributed by atoms with E-state index in [1.807, 2.05) is 0 Å². The minimum atomic E-state index is -0.333. The lowest BCUT2D eigenvalue weighted by Gasteiger charge is -2.12. The molecular formula is C19H17BrFN3O2. The number of benzene rings is 1. The summed E-state index contributed by atoms with van der Waals surface area (Å²) in [4.78, 5) is 21.1. The van der Waals surface area contributed by atoms with Crippen LogP contribution in [0.4, 0.5) is 4.39 Å². The van der Waals surface area contributed by atoms with E-state index in [4.69, 9.17) is 4.74 Å². The van der Waals surface area contributed by atoms with Crippen molar-refractivity contribution < 1.29 is 13.9 Å². The number of imidazole rings is 1. The van der Waals surface area contributed by atoms with Gasteiger partial charge in [-0.15, -0.1) is 0 Å². The van der Waals surface area contributed by atoms with Crippen LogP contribution >= 0.6 is 15.9 Å². The molecule has 1 saturated carbocycles. The predicted octanol–water partition coefficient (Wildman–Crippen LogP) is 3.83. The topological polar surface area (TPSA) is 56.5 Å². The molecule has 4 rings (SSSR count). The average molecular weight is 418 g/mol. The molecule has 0 saturated heterocycles. The number of aromatic nitrogens is 3. The number of rotatable bonds is 7. The molecule has 0 atom stereocenters. The van der Waals surface area contributed by atoms with Crippen LogP contribution in [0.1, 0.15) is 34.6 Å². The van der Waals surface area contributed by atoms with Gasteiger partial charge >= 0.3 is 0 Å². The zero-order valence-electron chi connectivity index (χ0n) is 14.0. The van der Waals surface area contributed by atoms with Crippen LogP contribution in [0.25, 0.3) is 5.52 Å². The molecule has 7 heteroatoms. The quantitative estimate of drug-likeness (QED) is 0.548. The number of nitrogens with zero attached hydrogens (tertiary/aromatic N) is 3. The summed E-state index contributed by atoms with van der Waals surface area (Å²) in [5, 5.41) is 0. The first kappa shape index (κ1) is 17.3.